The van der Waals surface area contributed by atoms with Gasteiger partial charge in [0.25, 0.3) is 0 Å². The summed E-state index contributed by atoms with van der Waals surface area (Å²) in [5.74, 6) is -3.13. The number of aliphatic carboxylic acids is 1. The number of hydrogen-bond donors (Lipinski definition) is 2. The van der Waals surface area contributed by atoms with E-state index in [1.54, 1.807) is 6.92 Å². The molecule has 8 heteroatoms. The molecule has 0 bridgehead atoms. The summed E-state index contributed by atoms with van der Waals surface area (Å²) < 4.78 is 10.3. The Labute approximate surface area is 164 Å². The third-order valence-electron chi connectivity index (χ3n) is 4.44. The molecule has 2 N–H and O–H groups in total. The highest BCUT2D eigenvalue weighted by Gasteiger charge is 2.22. The average molecular weight is 398 g/mol. The van der Waals surface area contributed by atoms with Gasteiger partial charge >= 0.3 is 17.9 Å². The van der Waals surface area contributed by atoms with E-state index in [0.717, 1.165) is 37.8 Å². The van der Waals surface area contributed by atoms with E-state index in [9.17, 15) is 24.3 Å². The van der Waals surface area contributed by atoms with Crippen LogP contribution in [0.2, 0.25) is 0 Å². The Hall–Kier alpha value is -2.22. The second-order valence-electron chi connectivity index (χ2n) is 7.09. The van der Waals surface area contributed by atoms with Gasteiger partial charge in [0.1, 0.15) is 6.10 Å². The number of ketones is 1. The first-order valence-corrected chi connectivity index (χ1v) is 9.79. The zero-order valence-electron chi connectivity index (χ0n) is 16.3. The van der Waals surface area contributed by atoms with E-state index in [2.05, 4.69) is 0 Å². The molecule has 158 valence electrons. The summed E-state index contributed by atoms with van der Waals surface area (Å²) in [7, 11) is 0. The van der Waals surface area contributed by atoms with Gasteiger partial charge in [0.15, 0.2) is 11.9 Å². The van der Waals surface area contributed by atoms with Crippen molar-refractivity contribution in [1.29, 1.82) is 0 Å². The molecule has 0 fully saturated rings. The Morgan fingerprint density at radius 3 is 2.39 bits per heavy atom. The smallest absolute Gasteiger partial charge is 0.331 e. The molecule has 0 spiro atoms. The van der Waals surface area contributed by atoms with E-state index < -0.39 is 42.0 Å². The van der Waals surface area contributed by atoms with Gasteiger partial charge in [-0.05, 0) is 32.3 Å². The van der Waals surface area contributed by atoms with Crippen molar-refractivity contribution in [3.05, 3.63) is 12.2 Å². The van der Waals surface area contributed by atoms with E-state index >= 15 is 0 Å². The fraction of sp³-hybridized carbons (Fsp3) is 0.700. The van der Waals surface area contributed by atoms with Crippen LogP contribution in [0.3, 0.4) is 0 Å². The van der Waals surface area contributed by atoms with E-state index in [1.165, 1.54) is 0 Å². The number of ether oxygens (including phenoxy) is 2. The van der Waals surface area contributed by atoms with Crippen LogP contribution in [0.1, 0.15) is 71.1 Å². The minimum absolute atomic E-state index is 0.302. The van der Waals surface area contributed by atoms with Crippen LogP contribution in [0.25, 0.3) is 0 Å². The summed E-state index contributed by atoms with van der Waals surface area (Å²) in [6.07, 6.45) is 4.74. The fourth-order valence-corrected chi connectivity index (χ4v) is 2.97. The zero-order valence-corrected chi connectivity index (χ0v) is 16.3. The molecule has 1 rings (SSSR count). The molecule has 28 heavy (non-hydrogen) atoms. The first-order valence-electron chi connectivity index (χ1n) is 9.79. The fourth-order valence-electron chi connectivity index (χ4n) is 2.97. The van der Waals surface area contributed by atoms with Gasteiger partial charge in [-0.25, -0.2) is 4.79 Å². The van der Waals surface area contributed by atoms with Crippen LogP contribution >= 0.6 is 0 Å². The van der Waals surface area contributed by atoms with Crippen molar-refractivity contribution in [3.8, 4) is 0 Å². The SMILES string of the molecule is C[C@@H]1CC(O)CCCCCCC[C@H](OC(=O)CCC(=O)O)C(=O)/C=C/C(=O)O1. The lowest BCUT2D eigenvalue weighted by atomic mass is 10.0. The highest BCUT2D eigenvalue weighted by Crippen LogP contribution is 2.16. The van der Waals surface area contributed by atoms with Gasteiger partial charge in [-0.3, -0.25) is 14.4 Å². The summed E-state index contributed by atoms with van der Waals surface area (Å²) >= 11 is 0. The van der Waals surface area contributed by atoms with Gasteiger partial charge in [0, 0.05) is 12.5 Å². The zero-order chi connectivity index (χ0) is 20.9. The third-order valence-corrected chi connectivity index (χ3v) is 4.44. The van der Waals surface area contributed by atoms with Gasteiger partial charge in [0.2, 0.25) is 0 Å². The Bertz CT molecular complexity index is 569. The lowest BCUT2D eigenvalue weighted by molar-refractivity contribution is -0.155. The van der Waals surface area contributed by atoms with Crippen molar-refractivity contribution >= 4 is 23.7 Å². The Balaban J connectivity index is 2.74. The average Bonchev–Trinajstić information content (AvgIpc) is 2.61. The molecule has 1 aliphatic heterocycles. The van der Waals surface area contributed by atoms with Crippen molar-refractivity contribution in [2.24, 2.45) is 0 Å². The molecule has 0 aromatic carbocycles. The number of cyclic esters (lactones) is 1. The summed E-state index contributed by atoms with van der Waals surface area (Å²) in [6.45, 7) is 1.67. The van der Waals surface area contributed by atoms with Gasteiger partial charge in [-0.15, -0.1) is 0 Å². The molecule has 0 aromatic heterocycles. The van der Waals surface area contributed by atoms with Crippen LogP contribution in [0.5, 0.6) is 0 Å². The Morgan fingerprint density at radius 2 is 1.71 bits per heavy atom. The van der Waals surface area contributed by atoms with E-state index in [1.807, 2.05) is 0 Å². The van der Waals surface area contributed by atoms with Crippen LogP contribution in [0, 0.1) is 0 Å². The molecule has 0 aromatic rings. The number of rotatable bonds is 4. The lowest BCUT2D eigenvalue weighted by Gasteiger charge is -2.17. The molecular weight excluding hydrogens is 368 g/mol. The topological polar surface area (TPSA) is 127 Å². The van der Waals surface area contributed by atoms with Crippen molar-refractivity contribution < 1.29 is 38.9 Å². The predicted molar refractivity (Wildman–Crippen MR) is 99.4 cm³/mol. The molecule has 0 amide bonds. The monoisotopic (exact) mass is 398 g/mol. The highest BCUT2D eigenvalue weighted by atomic mass is 16.5. The summed E-state index contributed by atoms with van der Waals surface area (Å²) in [5, 5.41) is 18.6. The molecule has 1 heterocycles. The number of carbonyl (C=O) groups excluding carboxylic acids is 3. The third kappa shape index (κ3) is 10.8. The maximum atomic E-state index is 12.3. The van der Waals surface area contributed by atoms with Crippen molar-refractivity contribution in [3.63, 3.8) is 0 Å². The lowest BCUT2D eigenvalue weighted by Crippen LogP contribution is -2.27. The Kier molecular flexibility index (Phi) is 11.1. The van der Waals surface area contributed by atoms with Crippen LogP contribution in [-0.4, -0.2) is 52.2 Å². The number of aliphatic hydroxyl groups excluding tert-OH is 1. The molecule has 0 radical (unpaired) electrons. The van der Waals surface area contributed by atoms with Crippen molar-refractivity contribution in [1.82, 2.24) is 0 Å². The van der Waals surface area contributed by atoms with Crippen LogP contribution in [-0.2, 0) is 28.7 Å². The summed E-state index contributed by atoms with van der Waals surface area (Å²) in [4.78, 5) is 46.5. The number of hydrogen-bond acceptors (Lipinski definition) is 7. The minimum Gasteiger partial charge on any atom is -0.481 e. The predicted octanol–water partition coefficient (Wildman–Crippen LogP) is 2.32. The largest absolute Gasteiger partial charge is 0.481 e. The molecule has 0 aliphatic carbocycles. The van der Waals surface area contributed by atoms with Crippen LogP contribution in [0.15, 0.2) is 12.2 Å². The molecular formula is C20H30O8. The minimum atomic E-state index is -1.12. The first kappa shape index (κ1) is 23.8. The Morgan fingerprint density at radius 1 is 1.07 bits per heavy atom. The van der Waals surface area contributed by atoms with E-state index in [-0.39, 0.29) is 12.8 Å². The van der Waals surface area contributed by atoms with Crippen molar-refractivity contribution in [2.45, 2.75) is 89.4 Å². The summed E-state index contributed by atoms with van der Waals surface area (Å²) in [6, 6.07) is 0. The summed E-state index contributed by atoms with van der Waals surface area (Å²) in [5.41, 5.74) is 0. The van der Waals surface area contributed by atoms with Crippen molar-refractivity contribution in [2.75, 3.05) is 0 Å². The number of esters is 2. The second-order valence-corrected chi connectivity index (χ2v) is 7.09. The van der Waals surface area contributed by atoms with E-state index in [0.29, 0.717) is 25.7 Å². The van der Waals surface area contributed by atoms with Gasteiger partial charge in [-0.2, -0.15) is 0 Å². The molecule has 8 nitrogen and oxygen atoms in total. The normalized spacial score (nSPS) is 26.9. The maximum absolute atomic E-state index is 12.3. The number of carboxylic acid groups (broad SMARTS) is 1. The highest BCUT2D eigenvalue weighted by molar-refractivity contribution is 5.99. The molecule has 1 aliphatic rings. The first-order chi connectivity index (χ1) is 13.3. The van der Waals surface area contributed by atoms with Crippen LogP contribution in [0.4, 0.5) is 0 Å². The molecule has 3 atom stereocenters. The number of carboxylic acids is 1. The van der Waals surface area contributed by atoms with E-state index in [4.69, 9.17) is 14.6 Å². The van der Waals surface area contributed by atoms with Gasteiger partial charge in [0.05, 0.1) is 18.9 Å². The standard InChI is InChI=1S/C20H30O8/c1-14-13-15(21)7-5-3-2-4-6-8-17(16(22)9-11-19(25)27-14)28-20(26)12-10-18(23)24/h9,11,14-15,17,21H,2-8,10,12-13H2,1H3,(H,23,24)/b11-9+/t14-,15?,17+/m1/s1. The van der Waals surface area contributed by atoms with Gasteiger partial charge in [-0.1, -0.05) is 25.7 Å². The number of aliphatic hydroxyl groups is 1. The molecule has 0 saturated heterocycles. The van der Waals surface area contributed by atoms with Crippen LogP contribution < -0.4 is 0 Å². The molecule has 0 saturated carbocycles. The van der Waals surface area contributed by atoms with Gasteiger partial charge < -0.3 is 19.7 Å². The quantitative estimate of drug-likeness (QED) is 0.691. The number of carbonyl (C=O) groups is 4. The maximum Gasteiger partial charge on any atom is 0.331 e. The second kappa shape index (κ2) is 13.0. The molecule has 1 unspecified atom stereocenters.